The van der Waals surface area contributed by atoms with Crippen LogP contribution in [-0.2, 0) is 0 Å². The van der Waals surface area contributed by atoms with Gasteiger partial charge in [-0.3, -0.25) is 4.79 Å². The van der Waals surface area contributed by atoms with Gasteiger partial charge in [0.15, 0.2) is 5.69 Å². The molecule has 1 fully saturated rings. The molecule has 1 amide bonds. The van der Waals surface area contributed by atoms with E-state index in [4.69, 9.17) is 4.52 Å². The Hall–Kier alpha value is -2.11. The molecule has 0 spiro atoms. The summed E-state index contributed by atoms with van der Waals surface area (Å²) in [5.41, 5.74) is 1.43. The Morgan fingerprint density at radius 1 is 1.53 bits per heavy atom. The predicted molar refractivity (Wildman–Crippen MR) is 67.8 cm³/mol. The van der Waals surface area contributed by atoms with E-state index < -0.39 is 0 Å². The number of aryl methyl sites for hydroxylation is 2. The van der Waals surface area contributed by atoms with Crippen LogP contribution in [0.5, 0.6) is 0 Å². The second-order valence-electron chi connectivity index (χ2n) is 5.01. The molecule has 1 aliphatic heterocycles. The van der Waals surface area contributed by atoms with Crippen LogP contribution in [-0.4, -0.2) is 39.0 Å². The first-order valence-electron chi connectivity index (χ1n) is 6.37. The number of amides is 1. The number of hydrogen-bond acceptors (Lipinski definition) is 4. The molecular weight excluding hydrogens is 244 g/mol. The Balaban J connectivity index is 1.70. The molecule has 0 saturated carbocycles. The highest BCUT2D eigenvalue weighted by Gasteiger charge is 2.30. The molecular formula is C13H16N4O2. The van der Waals surface area contributed by atoms with E-state index in [9.17, 15) is 4.79 Å². The molecule has 1 unspecified atom stereocenters. The molecule has 2 aromatic heterocycles. The van der Waals surface area contributed by atoms with Crippen LogP contribution in [0.2, 0.25) is 0 Å². The van der Waals surface area contributed by atoms with Gasteiger partial charge < -0.3 is 14.4 Å². The average molecular weight is 260 g/mol. The lowest BCUT2D eigenvalue weighted by Crippen LogP contribution is -2.28. The monoisotopic (exact) mass is 260 g/mol. The molecule has 0 aromatic carbocycles. The van der Waals surface area contributed by atoms with Gasteiger partial charge in [-0.15, -0.1) is 0 Å². The van der Waals surface area contributed by atoms with E-state index in [1.165, 1.54) is 0 Å². The Labute approximate surface area is 110 Å². The van der Waals surface area contributed by atoms with E-state index in [1.807, 2.05) is 13.1 Å². The molecule has 3 heterocycles. The van der Waals surface area contributed by atoms with Gasteiger partial charge in [-0.1, -0.05) is 5.16 Å². The molecule has 1 saturated heterocycles. The first kappa shape index (κ1) is 12.0. The maximum atomic E-state index is 12.2. The zero-order valence-electron chi connectivity index (χ0n) is 11.0. The van der Waals surface area contributed by atoms with E-state index >= 15 is 0 Å². The van der Waals surface area contributed by atoms with Crippen LogP contribution in [0.15, 0.2) is 16.8 Å². The third-order valence-electron chi connectivity index (χ3n) is 3.43. The summed E-state index contributed by atoms with van der Waals surface area (Å²) in [7, 11) is 0. The minimum atomic E-state index is -0.0670. The fourth-order valence-electron chi connectivity index (χ4n) is 2.44. The van der Waals surface area contributed by atoms with Crippen molar-refractivity contribution in [3.05, 3.63) is 35.2 Å². The van der Waals surface area contributed by atoms with Crippen LogP contribution in [0, 0.1) is 13.8 Å². The third-order valence-corrected chi connectivity index (χ3v) is 3.43. The smallest absolute Gasteiger partial charge is 0.276 e. The SMILES string of the molecule is Cc1cnc(C2CCN(C(=O)c3cc(C)on3)C2)[nH]1. The minimum Gasteiger partial charge on any atom is -0.361 e. The normalized spacial score (nSPS) is 19.1. The molecule has 0 aliphatic carbocycles. The number of nitrogens with one attached hydrogen (secondary N) is 1. The van der Waals surface area contributed by atoms with Gasteiger partial charge in [0.2, 0.25) is 0 Å². The van der Waals surface area contributed by atoms with Gasteiger partial charge in [0.1, 0.15) is 11.6 Å². The first-order valence-corrected chi connectivity index (χ1v) is 6.37. The molecule has 0 radical (unpaired) electrons. The van der Waals surface area contributed by atoms with Gasteiger partial charge in [-0.2, -0.15) is 0 Å². The Morgan fingerprint density at radius 2 is 2.37 bits per heavy atom. The van der Waals surface area contributed by atoms with E-state index in [2.05, 4.69) is 15.1 Å². The number of H-pyrrole nitrogens is 1. The van der Waals surface area contributed by atoms with Gasteiger partial charge in [-0.05, 0) is 20.3 Å². The summed E-state index contributed by atoms with van der Waals surface area (Å²) in [5.74, 6) is 1.83. The largest absolute Gasteiger partial charge is 0.361 e. The summed E-state index contributed by atoms with van der Waals surface area (Å²) in [6, 6.07) is 1.67. The van der Waals surface area contributed by atoms with Crippen LogP contribution in [0.3, 0.4) is 0 Å². The zero-order chi connectivity index (χ0) is 13.4. The lowest BCUT2D eigenvalue weighted by molar-refractivity contribution is 0.0780. The molecule has 100 valence electrons. The summed E-state index contributed by atoms with van der Waals surface area (Å²) < 4.78 is 4.94. The number of aromatic amines is 1. The maximum absolute atomic E-state index is 12.2. The highest BCUT2D eigenvalue weighted by atomic mass is 16.5. The van der Waals surface area contributed by atoms with E-state index in [0.717, 1.165) is 24.5 Å². The summed E-state index contributed by atoms with van der Waals surface area (Å²) in [5, 5.41) is 3.77. The number of carbonyl (C=O) groups excluding carboxylic acids is 1. The highest BCUT2D eigenvalue weighted by Crippen LogP contribution is 2.26. The Kier molecular flexibility index (Phi) is 2.85. The number of hydrogen-bond donors (Lipinski definition) is 1. The first-order chi connectivity index (χ1) is 9.13. The van der Waals surface area contributed by atoms with Crippen molar-refractivity contribution in [2.24, 2.45) is 0 Å². The number of likely N-dealkylation sites (tertiary alicyclic amines) is 1. The van der Waals surface area contributed by atoms with Crippen molar-refractivity contribution < 1.29 is 9.32 Å². The predicted octanol–water partition coefficient (Wildman–Crippen LogP) is 1.64. The van der Waals surface area contributed by atoms with Gasteiger partial charge in [0.25, 0.3) is 5.91 Å². The van der Waals surface area contributed by atoms with Crippen molar-refractivity contribution >= 4 is 5.91 Å². The Bertz CT molecular complexity index is 601. The lowest BCUT2D eigenvalue weighted by atomic mass is 10.1. The van der Waals surface area contributed by atoms with Gasteiger partial charge >= 0.3 is 0 Å². The molecule has 1 atom stereocenters. The fourth-order valence-corrected chi connectivity index (χ4v) is 2.44. The summed E-state index contributed by atoms with van der Waals surface area (Å²) in [4.78, 5) is 21.6. The molecule has 6 nitrogen and oxygen atoms in total. The van der Waals surface area contributed by atoms with Crippen LogP contribution < -0.4 is 0 Å². The highest BCUT2D eigenvalue weighted by molar-refractivity contribution is 5.92. The van der Waals surface area contributed by atoms with E-state index in [1.54, 1.807) is 17.9 Å². The molecule has 1 N–H and O–H groups in total. The van der Waals surface area contributed by atoms with Gasteiger partial charge in [0, 0.05) is 37.0 Å². The van der Waals surface area contributed by atoms with E-state index in [0.29, 0.717) is 18.0 Å². The molecule has 6 heteroatoms. The van der Waals surface area contributed by atoms with Gasteiger partial charge in [0.05, 0.1) is 0 Å². The Morgan fingerprint density at radius 3 is 3.00 bits per heavy atom. The maximum Gasteiger partial charge on any atom is 0.276 e. The van der Waals surface area contributed by atoms with Crippen LogP contribution in [0.1, 0.15) is 40.1 Å². The van der Waals surface area contributed by atoms with Crippen LogP contribution >= 0.6 is 0 Å². The van der Waals surface area contributed by atoms with Crippen molar-refractivity contribution in [2.75, 3.05) is 13.1 Å². The van der Waals surface area contributed by atoms with Crippen LogP contribution in [0.4, 0.5) is 0 Å². The number of rotatable bonds is 2. The van der Waals surface area contributed by atoms with Crippen molar-refractivity contribution in [1.29, 1.82) is 0 Å². The second-order valence-corrected chi connectivity index (χ2v) is 5.01. The average Bonchev–Trinajstić information content (AvgIpc) is 3.07. The van der Waals surface area contributed by atoms with Crippen molar-refractivity contribution in [3.8, 4) is 0 Å². The van der Waals surface area contributed by atoms with Crippen molar-refractivity contribution in [2.45, 2.75) is 26.2 Å². The summed E-state index contributed by atoms with van der Waals surface area (Å²) in [6.07, 6.45) is 2.75. The minimum absolute atomic E-state index is 0.0670. The van der Waals surface area contributed by atoms with Crippen molar-refractivity contribution in [1.82, 2.24) is 20.0 Å². The third kappa shape index (κ3) is 2.25. The fraction of sp³-hybridized carbons (Fsp3) is 0.462. The second kappa shape index (κ2) is 4.53. The zero-order valence-corrected chi connectivity index (χ0v) is 11.0. The van der Waals surface area contributed by atoms with Gasteiger partial charge in [-0.25, -0.2) is 4.98 Å². The van der Waals surface area contributed by atoms with Crippen LogP contribution in [0.25, 0.3) is 0 Å². The number of aromatic nitrogens is 3. The van der Waals surface area contributed by atoms with E-state index in [-0.39, 0.29) is 11.8 Å². The summed E-state index contributed by atoms with van der Waals surface area (Å²) in [6.45, 7) is 5.17. The molecule has 1 aliphatic rings. The standard InChI is InChI=1S/C13H16N4O2/c1-8-6-14-12(15-8)10-3-4-17(7-10)13(18)11-5-9(2)19-16-11/h5-6,10H,3-4,7H2,1-2H3,(H,14,15). The number of nitrogens with zero attached hydrogens (tertiary/aromatic N) is 3. The quantitative estimate of drug-likeness (QED) is 0.890. The topological polar surface area (TPSA) is 75.0 Å². The molecule has 3 rings (SSSR count). The molecule has 2 aromatic rings. The molecule has 0 bridgehead atoms. The summed E-state index contributed by atoms with van der Waals surface area (Å²) >= 11 is 0. The number of carbonyl (C=O) groups is 1. The lowest BCUT2D eigenvalue weighted by Gasteiger charge is -2.13. The molecule has 19 heavy (non-hydrogen) atoms. The van der Waals surface area contributed by atoms with Crippen molar-refractivity contribution in [3.63, 3.8) is 0 Å². The number of imidazole rings is 1.